The quantitative estimate of drug-likeness (QED) is 0.746. The average Bonchev–Trinajstić information content (AvgIpc) is 3.26. The van der Waals surface area contributed by atoms with Crippen molar-refractivity contribution < 1.29 is 22.0 Å². The second-order valence-electron chi connectivity index (χ2n) is 7.81. The van der Waals surface area contributed by atoms with E-state index in [1.54, 1.807) is 6.07 Å². The summed E-state index contributed by atoms with van der Waals surface area (Å²) >= 11 is 0. The number of nitrogens with zero attached hydrogens (tertiary/aromatic N) is 5. The van der Waals surface area contributed by atoms with Gasteiger partial charge in [0.05, 0.1) is 17.8 Å². The Labute approximate surface area is 170 Å². The first-order valence-corrected chi connectivity index (χ1v) is 9.60. The molecule has 2 aliphatic heterocycles. The number of hydrogen-bond donors (Lipinski definition) is 1. The minimum absolute atomic E-state index is 0.0317. The topological polar surface area (TPSA) is 57.2 Å². The Morgan fingerprint density at radius 2 is 1.93 bits per heavy atom. The average molecular weight is 428 g/mol. The third-order valence-corrected chi connectivity index (χ3v) is 5.34. The van der Waals surface area contributed by atoms with Crippen LogP contribution >= 0.6 is 0 Å². The van der Waals surface area contributed by atoms with Gasteiger partial charge in [-0.1, -0.05) is 0 Å². The molecule has 0 aliphatic carbocycles. The molecular formula is C19H21F5N6. The van der Waals surface area contributed by atoms with E-state index in [1.165, 1.54) is 4.90 Å². The third kappa shape index (κ3) is 4.61. The van der Waals surface area contributed by atoms with Gasteiger partial charge in [-0.3, -0.25) is 0 Å². The van der Waals surface area contributed by atoms with E-state index in [4.69, 9.17) is 0 Å². The van der Waals surface area contributed by atoms with Crippen LogP contribution in [-0.4, -0.2) is 59.0 Å². The molecule has 162 valence electrons. The number of halogens is 5. The molecule has 4 rings (SSSR count). The number of pyridine rings is 1. The predicted molar refractivity (Wildman–Crippen MR) is 101 cm³/mol. The third-order valence-electron chi connectivity index (χ3n) is 5.34. The number of nitrogens with one attached hydrogen (secondary N) is 1. The number of anilines is 3. The maximum absolute atomic E-state index is 13.7. The Morgan fingerprint density at radius 3 is 2.57 bits per heavy atom. The summed E-state index contributed by atoms with van der Waals surface area (Å²) in [5.41, 5.74) is -0.167. The first-order chi connectivity index (χ1) is 14.1. The van der Waals surface area contributed by atoms with Crippen LogP contribution in [0.25, 0.3) is 0 Å². The lowest BCUT2D eigenvalue weighted by atomic mass is 10.0. The first-order valence-electron chi connectivity index (χ1n) is 9.60. The Bertz CT molecular complexity index is 919. The van der Waals surface area contributed by atoms with Crippen molar-refractivity contribution in [2.45, 2.75) is 30.9 Å². The molecule has 1 unspecified atom stereocenters. The highest BCUT2D eigenvalue weighted by molar-refractivity contribution is 5.55. The molecule has 2 aliphatic rings. The van der Waals surface area contributed by atoms with Gasteiger partial charge in [0, 0.05) is 37.7 Å². The number of rotatable bonds is 4. The zero-order valence-electron chi connectivity index (χ0n) is 16.3. The minimum atomic E-state index is -4.50. The van der Waals surface area contributed by atoms with Crippen LogP contribution < -0.4 is 10.2 Å². The number of aromatic nitrogens is 3. The van der Waals surface area contributed by atoms with E-state index < -0.39 is 24.2 Å². The fraction of sp³-hybridized carbons (Fsp3) is 0.526. The molecule has 4 heterocycles. The van der Waals surface area contributed by atoms with Crippen molar-refractivity contribution in [1.82, 2.24) is 19.9 Å². The van der Waals surface area contributed by atoms with Gasteiger partial charge >= 0.3 is 6.18 Å². The van der Waals surface area contributed by atoms with Crippen LogP contribution in [0.5, 0.6) is 0 Å². The molecule has 1 N–H and O–H groups in total. The summed E-state index contributed by atoms with van der Waals surface area (Å²) in [4.78, 5) is 16.3. The number of hydrogen-bond acceptors (Lipinski definition) is 6. The lowest BCUT2D eigenvalue weighted by Gasteiger charge is -2.20. The summed E-state index contributed by atoms with van der Waals surface area (Å²) < 4.78 is 66.4. The van der Waals surface area contributed by atoms with E-state index in [9.17, 15) is 22.0 Å². The van der Waals surface area contributed by atoms with Crippen LogP contribution in [0.15, 0.2) is 24.4 Å². The lowest BCUT2D eigenvalue weighted by molar-refractivity contribution is -0.137. The van der Waals surface area contributed by atoms with E-state index in [2.05, 4.69) is 25.2 Å². The van der Waals surface area contributed by atoms with Crippen LogP contribution in [-0.2, 0) is 6.18 Å². The van der Waals surface area contributed by atoms with Gasteiger partial charge in [0.25, 0.3) is 5.92 Å². The molecule has 0 amide bonds. The Morgan fingerprint density at radius 1 is 1.13 bits per heavy atom. The van der Waals surface area contributed by atoms with Gasteiger partial charge in [-0.25, -0.2) is 18.7 Å². The molecule has 0 bridgehead atoms. The molecule has 2 fully saturated rings. The van der Waals surface area contributed by atoms with Crippen molar-refractivity contribution in [3.05, 3.63) is 35.7 Å². The fourth-order valence-corrected chi connectivity index (χ4v) is 3.76. The van der Waals surface area contributed by atoms with Gasteiger partial charge in [0.2, 0.25) is 5.95 Å². The summed E-state index contributed by atoms with van der Waals surface area (Å²) in [7, 11) is 1.98. The van der Waals surface area contributed by atoms with Gasteiger partial charge in [0.15, 0.2) is 0 Å². The van der Waals surface area contributed by atoms with E-state index in [-0.39, 0.29) is 36.5 Å². The molecule has 2 aromatic heterocycles. The molecule has 1 atom stereocenters. The summed E-state index contributed by atoms with van der Waals surface area (Å²) in [5.74, 6) is -2.38. The summed E-state index contributed by atoms with van der Waals surface area (Å²) in [5, 5.41) is 2.79. The second kappa shape index (κ2) is 7.60. The fourth-order valence-electron chi connectivity index (χ4n) is 3.76. The van der Waals surface area contributed by atoms with Crippen molar-refractivity contribution in [3.8, 4) is 0 Å². The molecule has 11 heteroatoms. The number of likely N-dealkylation sites (tertiary alicyclic amines) is 1. The minimum Gasteiger partial charge on any atom is -0.334 e. The summed E-state index contributed by atoms with van der Waals surface area (Å²) in [6.45, 7) is 1.27. The van der Waals surface area contributed by atoms with Gasteiger partial charge < -0.3 is 15.1 Å². The van der Waals surface area contributed by atoms with Gasteiger partial charge in [-0.05, 0) is 32.1 Å². The molecule has 2 aromatic rings. The molecular weight excluding hydrogens is 407 g/mol. The standard InChI is InChI=1S/C19H21F5N6/c1-29-6-3-12(10-29)14-9-16(27-15-8-13(2-5-25-15)19(22,23)24)28-17(26-14)30-7-4-18(20,21)11-30/h2,5,8-9,12H,3-4,6-7,10-11H2,1H3,(H,25,26,27,28). The van der Waals surface area contributed by atoms with E-state index in [0.717, 1.165) is 37.8 Å². The van der Waals surface area contributed by atoms with Crippen molar-refractivity contribution in [3.63, 3.8) is 0 Å². The first kappa shape index (κ1) is 20.7. The molecule has 6 nitrogen and oxygen atoms in total. The zero-order valence-corrected chi connectivity index (χ0v) is 16.3. The van der Waals surface area contributed by atoms with E-state index >= 15 is 0 Å². The predicted octanol–water partition coefficient (Wildman–Crippen LogP) is 3.90. The monoisotopic (exact) mass is 428 g/mol. The zero-order chi connectivity index (χ0) is 21.5. The highest BCUT2D eigenvalue weighted by Gasteiger charge is 2.39. The second-order valence-corrected chi connectivity index (χ2v) is 7.81. The van der Waals surface area contributed by atoms with Crippen LogP contribution in [0.1, 0.15) is 30.0 Å². The van der Waals surface area contributed by atoms with Gasteiger partial charge in [0.1, 0.15) is 11.6 Å². The van der Waals surface area contributed by atoms with Crippen LogP contribution in [0.4, 0.5) is 39.5 Å². The molecule has 30 heavy (non-hydrogen) atoms. The Balaban J connectivity index is 1.66. The largest absolute Gasteiger partial charge is 0.416 e. The summed E-state index contributed by atoms with van der Waals surface area (Å²) in [6, 6.07) is 3.42. The molecule has 0 radical (unpaired) electrons. The van der Waals surface area contributed by atoms with Crippen molar-refractivity contribution >= 4 is 17.6 Å². The molecule has 0 saturated carbocycles. The highest BCUT2D eigenvalue weighted by Crippen LogP contribution is 2.34. The van der Waals surface area contributed by atoms with Gasteiger partial charge in [-0.15, -0.1) is 0 Å². The Hall–Kier alpha value is -2.56. The van der Waals surface area contributed by atoms with Crippen molar-refractivity contribution in [2.24, 2.45) is 0 Å². The Kier molecular flexibility index (Phi) is 5.25. The lowest BCUT2D eigenvalue weighted by Crippen LogP contribution is -2.27. The van der Waals surface area contributed by atoms with Gasteiger partial charge in [-0.2, -0.15) is 18.2 Å². The SMILES string of the molecule is CN1CCC(c2cc(Nc3cc(C(F)(F)F)ccn3)nc(N3CCC(F)(F)C3)n2)C1. The van der Waals surface area contributed by atoms with E-state index in [0.29, 0.717) is 5.69 Å². The summed E-state index contributed by atoms with van der Waals surface area (Å²) in [6.07, 6.45) is -2.88. The maximum atomic E-state index is 13.7. The number of alkyl halides is 5. The molecule has 0 aromatic carbocycles. The molecule has 2 saturated heterocycles. The van der Waals surface area contributed by atoms with Crippen molar-refractivity contribution in [1.29, 1.82) is 0 Å². The van der Waals surface area contributed by atoms with Crippen LogP contribution in [0, 0.1) is 0 Å². The maximum Gasteiger partial charge on any atom is 0.416 e. The smallest absolute Gasteiger partial charge is 0.334 e. The normalized spacial score (nSPS) is 21.9. The van der Waals surface area contributed by atoms with Crippen LogP contribution in [0.2, 0.25) is 0 Å². The van der Waals surface area contributed by atoms with E-state index in [1.807, 2.05) is 7.05 Å². The van der Waals surface area contributed by atoms with Crippen molar-refractivity contribution in [2.75, 3.05) is 43.4 Å². The highest BCUT2D eigenvalue weighted by atomic mass is 19.4. The number of likely N-dealkylation sites (N-methyl/N-ethyl adjacent to an activating group) is 1. The van der Waals surface area contributed by atoms with Crippen LogP contribution in [0.3, 0.4) is 0 Å². The molecule has 0 spiro atoms.